The second-order valence-corrected chi connectivity index (χ2v) is 21.0. The first-order valence-corrected chi connectivity index (χ1v) is 22.5. The SMILES string of the molecule is C[Si](C)(C)c1ccc(-c2[c-]cccc2)nc1.[2H]C(C)(C)c1ccc(C([2H])(C)c2ccnc(-c3[c-]ccc4c3sc3cc(-c5cccc(C)c5)ccc34)c2)cc1.[Ir]. The van der Waals surface area contributed by atoms with E-state index in [1.165, 1.54) is 37.3 Å². The number of benzene rings is 5. The molecule has 0 aliphatic carbocycles. The summed E-state index contributed by atoms with van der Waals surface area (Å²) in [5, 5.41) is 3.83. The maximum atomic E-state index is 9.28. The van der Waals surface area contributed by atoms with Crippen LogP contribution < -0.4 is 5.19 Å². The number of nitrogens with zero attached hydrogens (tertiary/aromatic N) is 2. The zero-order chi connectivity index (χ0) is 39.0. The molecule has 0 N–H and O–H groups in total. The van der Waals surface area contributed by atoms with Gasteiger partial charge in [-0.1, -0.05) is 130 Å². The Bertz CT molecular complexity index is 2590. The van der Waals surface area contributed by atoms with Crippen LogP contribution >= 0.6 is 11.3 Å². The van der Waals surface area contributed by atoms with E-state index in [9.17, 15) is 1.37 Å². The van der Waals surface area contributed by atoms with Crippen LogP contribution in [0.15, 0.2) is 140 Å². The quantitative estimate of drug-likeness (QED) is 0.118. The van der Waals surface area contributed by atoms with E-state index < -0.39 is 19.9 Å². The molecular weight excluding hydrogens is 869 g/mol. The Balaban J connectivity index is 0.000000263. The van der Waals surface area contributed by atoms with Crippen molar-refractivity contribution in [2.24, 2.45) is 0 Å². The van der Waals surface area contributed by atoms with Crippen molar-refractivity contribution in [3.05, 3.63) is 174 Å². The van der Waals surface area contributed by atoms with E-state index in [1.807, 2.05) is 93.7 Å². The van der Waals surface area contributed by atoms with Gasteiger partial charge in [-0.05, 0) is 79.4 Å². The van der Waals surface area contributed by atoms with Gasteiger partial charge in [0.25, 0.3) is 0 Å². The van der Waals surface area contributed by atoms with Crippen molar-refractivity contribution in [2.45, 2.75) is 59.1 Å². The predicted octanol–water partition coefficient (Wildman–Crippen LogP) is 13.3. The van der Waals surface area contributed by atoms with Crippen LogP contribution in [0.25, 0.3) is 53.8 Å². The molecule has 3 aromatic heterocycles. The van der Waals surface area contributed by atoms with Crippen molar-refractivity contribution in [2.75, 3.05) is 0 Å². The zero-order valence-electron chi connectivity index (χ0n) is 33.9. The molecule has 54 heavy (non-hydrogen) atoms. The molecule has 0 aliphatic rings. The van der Waals surface area contributed by atoms with Gasteiger partial charge in [0, 0.05) is 45.8 Å². The summed E-state index contributed by atoms with van der Waals surface area (Å²) in [5.74, 6) is -1.63. The number of fused-ring (bicyclic) bond motifs is 3. The van der Waals surface area contributed by atoms with Crippen LogP contribution in [0.1, 0.15) is 57.6 Å². The summed E-state index contributed by atoms with van der Waals surface area (Å²) in [6, 6.07) is 50.2. The number of hydrogen-bond acceptors (Lipinski definition) is 3. The van der Waals surface area contributed by atoms with Gasteiger partial charge in [-0.2, -0.15) is 11.3 Å². The van der Waals surface area contributed by atoms with Gasteiger partial charge < -0.3 is 9.97 Å². The van der Waals surface area contributed by atoms with Gasteiger partial charge in [-0.25, -0.2) is 0 Å². The molecule has 0 saturated heterocycles. The van der Waals surface area contributed by atoms with Gasteiger partial charge in [0.15, 0.2) is 0 Å². The monoisotopic (exact) mass is 917 g/mol. The summed E-state index contributed by atoms with van der Waals surface area (Å²) in [4.78, 5) is 9.24. The number of pyridine rings is 2. The van der Waals surface area contributed by atoms with Crippen molar-refractivity contribution in [1.82, 2.24) is 9.97 Å². The maximum absolute atomic E-state index is 9.28. The molecule has 1 unspecified atom stereocenters. The molecule has 5 aromatic carbocycles. The van der Waals surface area contributed by atoms with Crippen molar-refractivity contribution in [3.8, 4) is 33.6 Å². The Kier molecular flexibility index (Phi) is 11.4. The fraction of sp³-hybridized carbons (Fsp3) is 0.184. The van der Waals surface area contributed by atoms with E-state index in [4.69, 9.17) is 6.35 Å². The summed E-state index contributed by atoms with van der Waals surface area (Å²) in [6.45, 7) is 14.8. The average molecular weight is 917 g/mol. The molecule has 3 heterocycles. The molecule has 1 radical (unpaired) electrons. The molecule has 2 nitrogen and oxygen atoms in total. The Morgan fingerprint density at radius 1 is 0.667 bits per heavy atom. The first-order valence-electron chi connectivity index (χ1n) is 19.1. The molecule has 1 atom stereocenters. The van der Waals surface area contributed by atoms with Crippen LogP contribution in [-0.4, -0.2) is 18.0 Å². The minimum absolute atomic E-state index is 0. The maximum Gasteiger partial charge on any atom is 0.0795 e. The second-order valence-electron chi connectivity index (χ2n) is 14.9. The average Bonchev–Trinajstić information content (AvgIpc) is 3.56. The van der Waals surface area contributed by atoms with Crippen LogP contribution in [0.5, 0.6) is 0 Å². The zero-order valence-corrected chi connectivity index (χ0v) is 36.1. The van der Waals surface area contributed by atoms with Crippen LogP contribution in [0.3, 0.4) is 0 Å². The van der Waals surface area contributed by atoms with Gasteiger partial charge in [0.1, 0.15) is 0 Å². The minimum atomic E-state index is -1.23. The van der Waals surface area contributed by atoms with E-state index in [0.29, 0.717) is 0 Å². The molecule has 0 saturated carbocycles. The van der Waals surface area contributed by atoms with Gasteiger partial charge in [0.05, 0.1) is 8.07 Å². The van der Waals surface area contributed by atoms with Crippen LogP contribution in [0.2, 0.25) is 19.6 Å². The molecule has 0 spiro atoms. The van der Waals surface area contributed by atoms with Crippen molar-refractivity contribution in [1.29, 1.82) is 0 Å². The first kappa shape index (κ1) is 36.5. The summed E-state index contributed by atoms with van der Waals surface area (Å²) >= 11 is 1.77. The molecule has 273 valence electrons. The van der Waals surface area contributed by atoms with Crippen molar-refractivity contribution < 1.29 is 22.8 Å². The van der Waals surface area contributed by atoms with Crippen molar-refractivity contribution >= 4 is 44.8 Å². The predicted molar refractivity (Wildman–Crippen MR) is 231 cm³/mol. The third-order valence-electron chi connectivity index (χ3n) is 9.74. The Morgan fingerprint density at radius 3 is 2.13 bits per heavy atom. The van der Waals surface area contributed by atoms with E-state index in [0.717, 1.165) is 43.9 Å². The summed E-state index contributed by atoms with van der Waals surface area (Å²) in [7, 11) is -1.23. The third kappa shape index (κ3) is 8.72. The smallest absolute Gasteiger partial charge is 0.0795 e. The Morgan fingerprint density at radius 2 is 1.44 bits per heavy atom. The van der Waals surface area contributed by atoms with Crippen LogP contribution in [-0.2, 0) is 20.1 Å². The standard InChI is InChI=1S/C35H30NS.C14H16NSi.Ir/c1-22(2)25-11-13-26(14-12-25)24(4)27-17-18-36-33(20-27)32-10-6-9-31-30-16-15-29(21-34(30)37-35(31)32)28-8-5-7-23(3)19-28;1-16(2,3)13-9-10-14(15-11-13)12-7-5-4-6-8-12;/h5-9,11-22,24H,1-4H3;4-7,9-11H,1-3H3;/q2*-1;/i22D,24D;;. The largest absolute Gasteiger partial charge is 0.305 e. The Labute approximate surface area is 342 Å². The van der Waals surface area contributed by atoms with Crippen LogP contribution in [0, 0.1) is 19.1 Å². The first-order chi connectivity index (χ1) is 26.2. The number of aryl methyl sites for hydroxylation is 1. The van der Waals surface area contributed by atoms with Gasteiger partial charge in [-0.15, -0.1) is 59.7 Å². The van der Waals surface area contributed by atoms with Gasteiger partial charge in [-0.3, -0.25) is 0 Å². The van der Waals surface area contributed by atoms with E-state index >= 15 is 0 Å². The van der Waals surface area contributed by atoms with Gasteiger partial charge >= 0.3 is 0 Å². The minimum Gasteiger partial charge on any atom is -0.305 e. The normalized spacial score (nSPS) is 13.2. The molecule has 0 bridgehead atoms. The van der Waals surface area contributed by atoms with Gasteiger partial charge in [0.2, 0.25) is 0 Å². The van der Waals surface area contributed by atoms with E-state index in [-0.39, 0.29) is 20.1 Å². The summed E-state index contributed by atoms with van der Waals surface area (Å²) in [6.07, 6.45) is 3.82. The fourth-order valence-electron chi connectivity index (χ4n) is 6.51. The number of thiophene rings is 1. The number of aromatic nitrogens is 2. The molecular formula is C49H46IrN2SSi-2. The molecule has 5 heteroatoms. The molecule has 0 fully saturated rings. The molecule has 0 aliphatic heterocycles. The Hall–Kier alpha value is -4.51. The second kappa shape index (κ2) is 16.9. The number of hydrogen-bond donors (Lipinski definition) is 0. The topological polar surface area (TPSA) is 25.8 Å². The van der Waals surface area contributed by atoms with E-state index in [1.54, 1.807) is 17.5 Å². The number of rotatable bonds is 7. The molecule has 8 aromatic rings. The summed E-state index contributed by atoms with van der Waals surface area (Å²) in [5.41, 5.74) is 10.3. The summed E-state index contributed by atoms with van der Waals surface area (Å²) < 4.78 is 20.0. The molecule has 8 rings (SSSR count). The van der Waals surface area contributed by atoms with E-state index in [2.05, 4.69) is 104 Å². The third-order valence-corrected chi connectivity index (χ3v) is 13.0. The van der Waals surface area contributed by atoms with Crippen LogP contribution in [0.4, 0.5) is 0 Å². The molecule has 0 amide bonds. The van der Waals surface area contributed by atoms with Crippen molar-refractivity contribution in [3.63, 3.8) is 0 Å². The fourth-order valence-corrected chi connectivity index (χ4v) is 8.79.